The van der Waals surface area contributed by atoms with Crippen molar-refractivity contribution in [2.24, 2.45) is 0 Å². The number of carbonyl (C=O) groups is 1. The molecule has 1 amide bonds. The average Bonchev–Trinajstić information content (AvgIpc) is 2.48. The Bertz CT molecular complexity index is 502. The molecule has 116 valence electrons. The lowest BCUT2D eigenvalue weighted by atomic mass is 10.2. The first-order valence-corrected chi connectivity index (χ1v) is 7.86. The number of amides is 1. The van der Waals surface area contributed by atoms with E-state index in [1.165, 1.54) is 0 Å². The van der Waals surface area contributed by atoms with E-state index in [9.17, 15) is 4.79 Å². The van der Waals surface area contributed by atoms with Gasteiger partial charge in [0.25, 0.3) is 5.91 Å². The van der Waals surface area contributed by atoms with Crippen LogP contribution in [0.2, 0.25) is 10.0 Å². The molecule has 0 N–H and O–H groups in total. The molecule has 0 spiro atoms. The summed E-state index contributed by atoms with van der Waals surface area (Å²) in [6, 6.07) is 5.01. The highest BCUT2D eigenvalue weighted by Crippen LogP contribution is 2.29. The zero-order valence-corrected chi connectivity index (χ0v) is 13.8. The van der Waals surface area contributed by atoms with Crippen LogP contribution in [0.3, 0.4) is 0 Å². The minimum atomic E-state index is -0.524. The van der Waals surface area contributed by atoms with Crippen molar-refractivity contribution in [3.05, 3.63) is 28.2 Å². The normalized spacial score (nSPS) is 17.6. The zero-order valence-electron chi connectivity index (χ0n) is 12.3. The van der Waals surface area contributed by atoms with E-state index in [1.54, 1.807) is 18.2 Å². The molecule has 1 saturated heterocycles. The summed E-state index contributed by atoms with van der Waals surface area (Å²) in [7, 11) is 2.06. The standard InChI is InChI=1S/C15H20Cl2N2O2/c1-3-13(15(20)19-8-6-18(2)7-9-19)21-14-10-11(16)4-5-12(14)17/h4-5,10,13H,3,6-9H2,1-2H3/t13-/m0/s1. The minimum absolute atomic E-state index is 0.0154. The Hall–Kier alpha value is -0.970. The number of carbonyl (C=O) groups excluding carboxylic acids is 1. The van der Waals surface area contributed by atoms with Crippen LogP contribution in [-0.2, 0) is 4.79 Å². The monoisotopic (exact) mass is 330 g/mol. The van der Waals surface area contributed by atoms with Gasteiger partial charge in [-0.3, -0.25) is 4.79 Å². The van der Waals surface area contributed by atoms with Crippen molar-refractivity contribution < 1.29 is 9.53 Å². The largest absolute Gasteiger partial charge is 0.479 e. The van der Waals surface area contributed by atoms with Crippen LogP contribution >= 0.6 is 23.2 Å². The van der Waals surface area contributed by atoms with Crippen LogP contribution in [0.15, 0.2) is 18.2 Å². The molecule has 1 aromatic carbocycles. The molecule has 1 fully saturated rings. The van der Waals surface area contributed by atoms with Crippen LogP contribution in [0.1, 0.15) is 13.3 Å². The Kier molecular flexibility index (Phi) is 5.73. The molecule has 0 bridgehead atoms. The SMILES string of the molecule is CC[C@H](Oc1cc(Cl)ccc1Cl)C(=O)N1CCN(C)CC1. The molecule has 4 nitrogen and oxygen atoms in total. The lowest BCUT2D eigenvalue weighted by Crippen LogP contribution is -2.51. The molecular formula is C15H20Cl2N2O2. The summed E-state index contributed by atoms with van der Waals surface area (Å²) in [6.45, 7) is 5.17. The summed E-state index contributed by atoms with van der Waals surface area (Å²) >= 11 is 12.0. The van der Waals surface area contributed by atoms with E-state index in [0.29, 0.717) is 22.2 Å². The number of likely N-dealkylation sites (N-methyl/N-ethyl adjacent to an activating group) is 1. The Morgan fingerprint density at radius 2 is 1.95 bits per heavy atom. The molecular weight excluding hydrogens is 311 g/mol. The van der Waals surface area contributed by atoms with Gasteiger partial charge in [0.05, 0.1) is 5.02 Å². The molecule has 1 atom stereocenters. The predicted molar refractivity (Wildman–Crippen MR) is 85.2 cm³/mol. The molecule has 0 saturated carbocycles. The van der Waals surface area contributed by atoms with E-state index >= 15 is 0 Å². The maximum absolute atomic E-state index is 12.5. The summed E-state index contributed by atoms with van der Waals surface area (Å²) in [5, 5.41) is 1.00. The van der Waals surface area contributed by atoms with Crippen molar-refractivity contribution in [1.29, 1.82) is 0 Å². The van der Waals surface area contributed by atoms with Gasteiger partial charge in [-0.05, 0) is 25.6 Å². The van der Waals surface area contributed by atoms with E-state index in [1.807, 2.05) is 11.8 Å². The van der Waals surface area contributed by atoms with Crippen LogP contribution in [0, 0.1) is 0 Å². The molecule has 1 aliphatic heterocycles. The van der Waals surface area contributed by atoms with Crippen molar-refractivity contribution in [1.82, 2.24) is 9.80 Å². The Morgan fingerprint density at radius 3 is 2.57 bits per heavy atom. The fourth-order valence-corrected chi connectivity index (χ4v) is 2.58. The highest BCUT2D eigenvalue weighted by Gasteiger charge is 2.27. The number of nitrogens with zero attached hydrogens (tertiary/aromatic N) is 2. The van der Waals surface area contributed by atoms with Gasteiger partial charge in [0, 0.05) is 37.3 Å². The summed E-state index contributed by atoms with van der Waals surface area (Å²) in [4.78, 5) is 16.6. The molecule has 1 aromatic rings. The number of piperazine rings is 1. The van der Waals surface area contributed by atoms with Gasteiger partial charge in [0.15, 0.2) is 6.10 Å². The van der Waals surface area contributed by atoms with E-state index in [0.717, 1.165) is 26.2 Å². The third-order valence-corrected chi connectivity index (χ3v) is 4.17. The molecule has 2 rings (SSSR count). The highest BCUT2D eigenvalue weighted by atomic mass is 35.5. The van der Waals surface area contributed by atoms with Crippen molar-refractivity contribution in [3.63, 3.8) is 0 Å². The number of benzene rings is 1. The van der Waals surface area contributed by atoms with Crippen LogP contribution < -0.4 is 4.74 Å². The van der Waals surface area contributed by atoms with Crippen molar-refractivity contribution in [2.45, 2.75) is 19.4 Å². The van der Waals surface area contributed by atoms with Crippen molar-refractivity contribution in [2.75, 3.05) is 33.2 Å². The third kappa shape index (κ3) is 4.25. The minimum Gasteiger partial charge on any atom is -0.479 e. The Balaban J connectivity index is 2.05. The van der Waals surface area contributed by atoms with Gasteiger partial charge in [-0.1, -0.05) is 30.1 Å². The summed E-state index contributed by atoms with van der Waals surface area (Å²) in [5.74, 6) is 0.472. The van der Waals surface area contributed by atoms with E-state index in [-0.39, 0.29) is 5.91 Å². The van der Waals surface area contributed by atoms with Gasteiger partial charge < -0.3 is 14.5 Å². The molecule has 6 heteroatoms. The lowest BCUT2D eigenvalue weighted by molar-refractivity contribution is -0.140. The van der Waals surface area contributed by atoms with Crippen molar-refractivity contribution >= 4 is 29.1 Å². The van der Waals surface area contributed by atoms with Gasteiger partial charge >= 0.3 is 0 Å². The first-order chi connectivity index (χ1) is 10.0. The lowest BCUT2D eigenvalue weighted by Gasteiger charge is -2.34. The summed E-state index contributed by atoms with van der Waals surface area (Å²) in [5.41, 5.74) is 0. The van der Waals surface area contributed by atoms with Crippen molar-refractivity contribution in [3.8, 4) is 5.75 Å². The number of rotatable bonds is 4. The fraction of sp³-hybridized carbons (Fsp3) is 0.533. The zero-order chi connectivity index (χ0) is 15.4. The predicted octanol–water partition coefficient (Wildman–Crippen LogP) is 2.92. The molecule has 1 aliphatic rings. The first-order valence-electron chi connectivity index (χ1n) is 7.10. The topological polar surface area (TPSA) is 32.8 Å². The second kappa shape index (κ2) is 7.34. The second-order valence-corrected chi connectivity index (χ2v) is 6.06. The molecule has 21 heavy (non-hydrogen) atoms. The molecule has 1 heterocycles. The average molecular weight is 331 g/mol. The molecule has 0 aliphatic carbocycles. The second-order valence-electron chi connectivity index (χ2n) is 5.22. The quantitative estimate of drug-likeness (QED) is 0.850. The summed E-state index contributed by atoms with van der Waals surface area (Å²) in [6.07, 6.45) is 0.0676. The Morgan fingerprint density at radius 1 is 1.29 bits per heavy atom. The van der Waals surface area contributed by atoms with Gasteiger partial charge in [0.1, 0.15) is 5.75 Å². The maximum Gasteiger partial charge on any atom is 0.263 e. The molecule has 0 aromatic heterocycles. The van der Waals surface area contributed by atoms with Crippen LogP contribution in [0.5, 0.6) is 5.75 Å². The summed E-state index contributed by atoms with van der Waals surface area (Å²) < 4.78 is 5.80. The van der Waals surface area contributed by atoms with Crippen LogP contribution in [0.25, 0.3) is 0 Å². The maximum atomic E-state index is 12.5. The van der Waals surface area contributed by atoms with E-state index in [2.05, 4.69) is 11.9 Å². The Labute approximate surface area is 135 Å². The number of ether oxygens (including phenoxy) is 1. The number of hydrogen-bond acceptors (Lipinski definition) is 3. The van der Waals surface area contributed by atoms with E-state index < -0.39 is 6.10 Å². The highest BCUT2D eigenvalue weighted by molar-refractivity contribution is 6.34. The fourth-order valence-electron chi connectivity index (χ4n) is 2.26. The van der Waals surface area contributed by atoms with Gasteiger partial charge in [0.2, 0.25) is 0 Å². The number of hydrogen-bond donors (Lipinski definition) is 0. The first kappa shape index (κ1) is 16.4. The van der Waals surface area contributed by atoms with E-state index in [4.69, 9.17) is 27.9 Å². The third-order valence-electron chi connectivity index (χ3n) is 3.62. The van der Waals surface area contributed by atoms with Crippen LogP contribution in [-0.4, -0.2) is 55.0 Å². The van der Waals surface area contributed by atoms with Crippen LogP contribution in [0.4, 0.5) is 0 Å². The van der Waals surface area contributed by atoms with Gasteiger partial charge in [-0.2, -0.15) is 0 Å². The molecule has 0 unspecified atom stereocenters. The smallest absolute Gasteiger partial charge is 0.263 e. The molecule has 0 radical (unpaired) electrons. The number of halogens is 2. The van der Waals surface area contributed by atoms with Gasteiger partial charge in [-0.25, -0.2) is 0 Å². The van der Waals surface area contributed by atoms with Gasteiger partial charge in [-0.15, -0.1) is 0 Å².